The van der Waals surface area contributed by atoms with Crippen LogP contribution in [0.5, 0.6) is 0 Å². The van der Waals surface area contributed by atoms with Crippen LogP contribution in [0.15, 0.2) is 16.7 Å². The van der Waals surface area contributed by atoms with Crippen molar-refractivity contribution in [3.05, 3.63) is 27.5 Å². The number of aromatic nitrogens is 1. The molecule has 0 aliphatic carbocycles. The van der Waals surface area contributed by atoms with Crippen LogP contribution in [0.25, 0.3) is 0 Å². The maximum atomic E-state index is 11.9. The number of hydrogen-bond acceptors (Lipinski definition) is 3. The SMILES string of the molecule is CCCCCCC(C)OC(=O)c1cc(Br)cnc1Cl. The second kappa shape index (κ2) is 8.54. The van der Waals surface area contributed by atoms with Crippen molar-refractivity contribution in [1.82, 2.24) is 4.98 Å². The van der Waals surface area contributed by atoms with Gasteiger partial charge >= 0.3 is 5.97 Å². The molecule has 1 aromatic rings. The van der Waals surface area contributed by atoms with Gasteiger partial charge in [-0.05, 0) is 41.8 Å². The lowest BCUT2D eigenvalue weighted by atomic mass is 10.1. The number of unbranched alkanes of at least 4 members (excludes halogenated alkanes) is 3. The summed E-state index contributed by atoms with van der Waals surface area (Å²) in [6, 6.07) is 1.63. The molecule has 1 rings (SSSR count). The molecule has 0 radical (unpaired) electrons. The van der Waals surface area contributed by atoms with Crippen molar-refractivity contribution in [3.63, 3.8) is 0 Å². The van der Waals surface area contributed by atoms with Crippen molar-refractivity contribution >= 4 is 33.5 Å². The lowest BCUT2D eigenvalue weighted by Crippen LogP contribution is -2.15. The Morgan fingerprint density at radius 2 is 2.21 bits per heavy atom. The number of esters is 1. The summed E-state index contributed by atoms with van der Waals surface area (Å²) < 4.78 is 6.08. The quantitative estimate of drug-likeness (QED) is 0.395. The van der Waals surface area contributed by atoms with E-state index in [2.05, 4.69) is 27.8 Å². The standard InChI is InChI=1S/C14H19BrClNO2/c1-3-4-5-6-7-10(2)19-14(18)12-8-11(15)9-17-13(12)16/h8-10H,3-7H2,1-2H3. The third kappa shape index (κ3) is 5.91. The van der Waals surface area contributed by atoms with E-state index in [1.165, 1.54) is 19.3 Å². The molecule has 0 saturated carbocycles. The Balaban J connectivity index is 2.47. The Kier molecular flexibility index (Phi) is 7.39. The van der Waals surface area contributed by atoms with Gasteiger partial charge < -0.3 is 4.74 Å². The van der Waals surface area contributed by atoms with Crippen LogP contribution in [0.2, 0.25) is 5.15 Å². The van der Waals surface area contributed by atoms with E-state index < -0.39 is 5.97 Å². The van der Waals surface area contributed by atoms with E-state index in [0.717, 1.165) is 12.8 Å². The summed E-state index contributed by atoms with van der Waals surface area (Å²) in [6.07, 6.45) is 7.01. The molecule has 3 nitrogen and oxygen atoms in total. The molecule has 0 amide bonds. The van der Waals surface area contributed by atoms with Gasteiger partial charge in [-0.15, -0.1) is 0 Å². The van der Waals surface area contributed by atoms with Crippen molar-refractivity contribution in [3.8, 4) is 0 Å². The zero-order valence-corrected chi connectivity index (χ0v) is 13.6. The van der Waals surface area contributed by atoms with Crippen LogP contribution in [0.3, 0.4) is 0 Å². The highest BCUT2D eigenvalue weighted by atomic mass is 79.9. The molecule has 1 unspecified atom stereocenters. The number of hydrogen-bond donors (Lipinski definition) is 0. The molecule has 0 aliphatic rings. The van der Waals surface area contributed by atoms with E-state index >= 15 is 0 Å². The number of nitrogens with zero attached hydrogens (tertiary/aromatic N) is 1. The molecule has 0 saturated heterocycles. The fourth-order valence-electron chi connectivity index (χ4n) is 1.73. The van der Waals surface area contributed by atoms with Gasteiger partial charge in [-0.1, -0.05) is 37.8 Å². The summed E-state index contributed by atoms with van der Waals surface area (Å²) in [4.78, 5) is 15.9. The lowest BCUT2D eigenvalue weighted by Gasteiger charge is -2.13. The van der Waals surface area contributed by atoms with Crippen LogP contribution < -0.4 is 0 Å². The predicted octanol–water partition coefficient (Wildman–Crippen LogP) is 5.01. The van der Waals surface area contributed by atoms with Crippen molar-refractivity contribution in [2.45, 2.75) is 52.1 Å². The van der Waals surface area contributed by atoms with Gasteiger partial charge in [0.25, 0.3) is 0 Å². The predicted molar refractivity (Wildman–Crippen MR) is 80.6 cm³/mol. The third-order valence-corrected chi connectivity index (χ3v) is 3.53. The van der Waals surface area contributed by atoms with Crippen LogP contribution in [-0.2, 0) is 4.74 Å². The summed E-state index contributed by atoms with van der Waals surface area (Å²) >= 11 is 9.15. The van der Waals surface area contributed by atoms with Crippen molar-refractivity contribution in [1.29, 1.82) is 0 Å². The molecule has 0 spiro atoms. The van der Waals surface area contributed by atoms with Gasteiger partial charge in [-0.2, -0.15) is 0 Å². The van der Waals surface area contributed by atoms with Gasteiger partial charge in [0.05, 0.1) is 11.7 Å². The van der Waals surface area contributed by atoms with E-state index in [1.807, 2.05) is 6.92 Å². The van der Waals surface area contributed by atoms with Crippen LogP contribution in [0, 0.1) is 0 Å². The average Bonchev–Trinajstić information content (AvgIpc) is 2.37. The minimum atomic E-state index is -0.415. The number of ether oxygens (including phenoxy) is 1. The molecule has 0 aliphatic heterocycles. The van der Waals surface area contributed by atoms with Crippen molar-refractivity contribution in [2.24, 2.45) is 0 Å². The van der Waals surface area contributed by atoms with E-state index in [4.69, 9.17) is 16.3 Å². The number of carbonyl (C=O) groups excluding carboxylic acids is 1. The fraction of sp³-hybridized carbons (Fsp3) is 0.571. The second-order valence-electron chi connectivity index (χ2n) is 4.56. The van der Waals surface area contributed by atoms with E-state index in [9.17, 15) is 4.79 Å². The topological polar surface area (TPSA) is 39.2 Å². The maximum Gasteiger partial charge on any atom is 0.341 e. The minimum absolute atomic E-state index is 0.0978. The molecule has 5 heteroatoms. The number of halogens is 2. The van der Waals surface area contributed by atoms with Gasteiger partial charge in [-0.25, -0.2) is 9.78 Å². The molecule has 0 aromatic carbocycles. The lowest BCUT2D eigenvalue weighted by molar-refractivity contribution is 0.0319. The molecular formula is C14H19BrClNO2. The summed E-state index contributed by atoms with van der Waals surface area (Å²) in [7, 11) is 0. The summed E-state index contributed by atoms with van der Waals surface area (Å²) in [5.74, 6) is -0.415. The van der Waals surface area contributed by atoms with Crippen molar-refractivity contribution in [2.75, 3.05) is 0 Å². The van der Waals surface area contributed by atoms with Gasteiger partial charge in [0.2, 0.25) is 0 Å². The van der Waals surface area contributed by atoms with E-state index in [1.54, 1.807) is 12.3 Å². The Morgan fingerprint density at radius 1 is 1.47 bits per heavy atom. The maximum absolute atomic E-state index is 11.9. The molecule has 1 heterocycles. The van der Waals surface area contributed by atoms with E-state index in [0.29, 0.717) is 10.0 Å². The molecule has 106 valence electrons. The molecule has 0 N–H and O–H groups in total. The van der Waals surface area contributed by atoms with Gasteiger partial charge in [0, 0.05) is 10.7 Å². The zero-order chi connectivity index (χ0) is 14.3. The van der Waals surface area contributed by atoms with Crippen LogP contribution in [0.1, 0.15) is 56.3 Å². The largest absolute Gasteiger partial charge is 0.459 e. The van der Waals surface area contributed by atoms with Gasteiger partial charge in [-0.3, -0.25) is 0 Å². The summed E-state index contributed by atoms with van der Waals surface area (Å²) in [5.41, 5.74) is 0.302. The first kappa shape index (κ1) is 16.4. The van der Waals surface area contributed by atoms with Gasteiger partial charge in [0.1, 0.15) is 5.15 Å². The minimum Gasteiger partial charge on any atom is -0.459 e. The fourth-order valence-corrected chi connectivity index (χ4v) is 2.24. The number of rotatable bonds is 7. The number of pyridine rings is 1. The first-order chi connectivity index (χ1) is 9.04. The van der Waals surface area contributed by atoms with Crippen molar-refractivity contribution < 1.29 is 9.53 Å². The van der Waals surface area contributed by atoms with Crippen LogP contribution >= 0.6 is 27.5 Å². The summed E-state index contributed by atoms with van der Waals surface area (Å²) in [6.45, 7) is 4.08. The Morgan fingerprint density at radius 3 is 2.89 bits per heavy atom. The Bertz CT molecular complexity index is 426. The normalized spacial score (nSPS) is 12.2. The smallest absolute Gasteiger partial charge is 0.341 e. The Labute approximate surface area is 127 Å². The highest BCUT2D eigenvalue weighted by molar-refractivity contribution is 9.10. The zero-order valence-electron chi connectivity index (χ0n) is 11.3. The van der Waals surface area contributed by atoms with Gasteiger partial charge in [0.15, 0.2) is 0 Å². The van der Waals surface area contributed by atoms with E-state index in [-0.39, 0.29) is 11.3 Å². The average molecular weight is 349 g/mol. The molecular weight excluding hydrogens is 330 g/mol. The van der Waals surface area contributed by atoms with Crippen LogP contribution in [0.4, 0.5) is 0 Å². The molecule has 1 atom stereocenters. The Hall–Kier alpha value is -0.610. The highest BCUT2D eigenvalue weighted by Gasteiger charge is 2.16. The van der Waals surface area contributed by atoms with Crippen LogP contribution in [-0.4, -0.2) is 17.1 Å². The monoisotopic (exact) mass is 347 g/mol. The number of carbonyl (C=O) groups is 1. The summed E-state index contributed by atoms with van der Waals surface area (Å²) in [5, 5.41) is 0.173. The molecule has 0 bridgehead atoms. The highest BCUT2D eigenvalue weighted by Crippen LogP contribution is 2.20. The molecule has 19 heavy (non-hydrogen) atoms. The molecule has 1 aromatic heterocycles. The first-order valence-corrected chi connectivity index (χ1v) is 7.73. The third-order valence-electron chi connectivity index (χ3n) is 2.80. The second-order valence-corrected chi connectivity index (χ2v) is 5.83. The molecule has 0 fully saturated rings. The first-order valence-electron chi connectivity index (χ1n) is 6.56.